The average molecular weight is 242 g/mol. The molecule has 5 heteroatoms. The summed E-state index contributed by atoms with van der Waals surface area (Å²) in [5.74, 6) is -0.321. The molecule has 0 aliphatic carbocycles. The van der Waals surface area contributed by atoms with Gasteiger partial charge in [0.25, 0.3) is 0 Å². The summed E-state index contributed by atoms with van der Waals surface area (Å²) in [6.07, 6.45) is 3.57. The summed E-state index contributed by atoms with van der Waals surface area (Å²) >= 11 is 5.96. The molecular formula is C11H16ClN3O. The van der Waals surface area contributed by atoms with Crippen molar-refractivity contribution in [3.63, 3.8) is 0 Å². The zero-order chi connectivity index (χ0) is 12.2. The van der Waals surface area contributed by atoms with Gasteiger partial charge >= 0.3 is 0 Å². The van der Waals surface area contributed by atoms with Crippen LogP contribution in [0.15, 0.2) is 18.5 Å². The van der Waals surface area contributed by atoms with Crippen LogP contribution in [-0.4, -0.2) is 16.4 Å². The van der Waals surface area contributed by atoms with Gasteiger partial charge in [-0.05, 0) is 25.5 Å². The summed E-state index contributed by atoms with van der Waals surface area (Å²) in [6, 6.07) is 1.84. The summed E-state index contributed by atoms with van der Waals surface area (Å²) in [5.41, 5.74) is 5.78. The Morgan fingerprint density at radius 2 is 2.31 bits per heavy atom. The first-order valence-corrected chi connectivity index (χ1v) is 5.40. The molecular weight excluding hydrogens is 226 g/mol. The van der Waals surface area contributed by atoms with E-state index < -0.39 is 0 Å². The Morgan fingerprint density at radius 1 is 1.62 bits per heavy atom. The predicted molar refractivity (Wildman–Crippen MR) is 64.0 cm³/mol. The summed E-state index contributed by atoms with van der Waals surface area (Å²) in [6.45, 7) is 4.43. The van der Waals surface area contributed by atoms with E-state index in [0.717, 1.165) is 5.56 Å². The van der Waals surface area contributed by atoms with Crippen molar-refractivity contribution < 1.29 is 4.79 Å². The Morgan fingerprint density at radius 3 is 2.88 bits per heavy atom. The van der Waals surface area contributed by atoms with Crippen molar-refractivity contribution in [3.05, 3.63) is 29.0 Å². The quantitative estimate of drug-likeness (QED) is 0.821. The summed E-state index contributed by atoms with van der Waals surface area (Å²) in [4.78, 5) is 14.7. The smallest absolute Gasteiger partial charge is 0.219 e. The minimum absolute atomic E-state index is 0.287. The van der Waals surface area contributed by atoms with Crippen LogP contribution in [0, 0.1) is 0 Å². The molecule has 0 atom stereocenters. The fourth-order valence-electron chi connectivity index (χ4n) is 1.38. The van der Waals surface area contributed by atoms with E-state index in [1.54, 1.807) is 12.4 Å². The summed E-state index contributed by atoms with van der Waals surface area (Å²) < 4.78 is 0. The molecule has 3 N–H and O–H groups in total. The highest BCUT2D eigenvalue weighted by atomic mass is 35.5. The highest BCUT2D eigenvalue weighted by molar-refractivity contribution is 6.31. The minimum atomic E-state index is -0.335. The van der Waals surface area contributed by atoms with Gasteiger partial charge in [0, 0.05) is 30.9 Å². The third-order valence-corrected chi connectivity index (χ3v) is 2.57. The van der Waals surface area contributed by atoms with Gasteiger partial charge < -0.3 is 11.1 Å². The van der Waals surface area contributed by atoms with Crippen LogP contribution < -0.4 is 11.1 Å². The number of amides is 1. The normalized spacial score (nSPS) is 11.4. The monoisotopic (exact) mass is 241 g/mol. The molecule has 0 aliphatic heterocycles. The van der Waals surface area contributed by atoms with Gasteiger partial charge in [-0.1, -0.05) is 11.6 Å². The molecule has 0 radical (unpaired) electrons. The standard InChI is InChI=1S/C11H16ClN3O/c1-11(2,5-10(13)16)15-6-8-3-4-14-7-9(8)12/h3-4,7,15H,5-6H2,1-2H3,(H2,13,16). The van der Waals surface area contributed by atoms with Crippen LogP contribution in [-0.2, 0) is 11.3 Å². The number of hydrogen-bond acceptors (Lipinski definition) is 3. The van der Waals surface area contributed by atoms with Gasteiger partial charge in [0.05, 0.1) is 5.02 Å². The Labute approximate surface area is 100 Å². The lowest BCUT2D eigenvalue weighted by Crippen LogP contribution is -2.42. The first kappa shape index (κ1) is 12.9. The van der Waals surface area contributed by atoms with Crippen molar-refractivity contribution in [2.24, 2.45) is 5.73 Å². The lowest BCUT2D eigenvalue weighted by Gasteiger charge is -2.25. The van der Waals surface area contributed by atoms with E-state index in [9.17, 15) is 4.79 Å². The SMILES string of the molecule is CC(C)(CC(N)=O)NCc1ccncc1Cl. The second-order valence-electron chi connectivity index (χ2n) is 4.35. The molecule has 88 valence electrons. The third-order valence-electron chi connectivity index (χ3n) is 2.23. The van der Waals surface area contributed by atoms with E-state index in [1.807, 2.05) is 19.9 Å². The number of nitrogens with zero attached hydrogens (tertiary/aromatic N) is 1. The Kier molecular flexibility index (Phi) is 4.26. The number of aromatic nitrogens is 1. The zero-order valence-corrected chi connectivity index (χ0v) is 10.2. The van der Waals surface area contributed by atoms with Crippen molar-refractivity contribution >= 4 is 17.5 Å². The molecule has 1 aromatic heterocycles. The summed E-state index contributed by atoms with van der Waals surface area (Å²) in [7, 11) is 0. The maximum Gasteiger partial charge on any atom is 0.219 e. The Balaban J connectivity index is 2.57. The fourth-order valence-corrected chi connectivity index (χ4v) is 1.57. The number of pyridine rings is 1. The van der Waals surface area contributed by atoms with Crippen LogP contribution in [0.1, 0.15) is 25.8 Å². The summed E-state index contributed by atoms with van der Waals surface area (Å²) in [5, 5.41) is 3.85. The van der Waals surface area contributed by atoms with Crippen LogP contribution in [0.25, 0.3) is 0 Å². The van der Waals surface area contributed by atoms with Crippen LogP contribution >= 0.6 is 11.6 Å². The van der Waals surface area contributed by atoms with E-state index in [0.29, 0.717) is 11.6 Å². The zero-order valence-electron chi connectivity index (χ0n) is 9.46. The number of primary amides is 1. The van der Waals surface area contributed by atoms with Crippen LogP contribution in [0.2, 0.25) is 5.02 Å². The number of rotatable bonds is 5. The molecule has 0 spiro atoms. The molecule has 1 amide bonds. The van der Waals surface area contributed by atoms with Crippen molar-refractivity contribution in [2.45, 2.75) is 32.4 Å². The topological polar surface area (TPSA) is 68.0 Å². The maximum atomic E-state index is 10.8. The van der Waals surface area contributed by atoms with E-state index in [4.69, 9.17) is 17.3 Å². The lowest BCUT2D eigenvalue weighted by molar-refractivity contribution is -0.119. The molecule has 0 fully saturated rings. The predicted octanol–water partition coefficient (Wildman–Crippen LogP) is 1.48. The maximum absolute atomic E-state index is 10.8. The van der Waals surface area contributed by atoms with Gasteiger partial charge in [-0.15, -0.1) is 0 Å². The molecule has 0 aliphatic rings. The largest absolute Gasteiger partial charge is 0.370 e. The second kappa shape index (κ2) is 5.27. The number of carbonyl (C=O) groups excluding carboxylic acids is 1. The second-order valence-corrected chi connectivity index (χ2v) is 4.75. The van der Waals surface area contributed by atoms with Crippen LogP contribution in [0.3, 0.4) is 0 Å². The van der Waals surface area contributed by atoms with E-state index in [1.165, 1.54) is 0 Å². The molecule has 0 saturated heterocycles. The number of nitrogens with one attached hydrogen (secondary N) is 1. The number of nitrogens with two attached hydrogens (primary N) is 1. The van der Waals surface area contributed by atoms with E-state index in [-0.39, 0.29) is 17.9 Å². The van der Waals surface area contributed by atoms with Gasteiger partial charge in [0.2, 0.25) is 5.91 Å². The molecule has 1 heterocycles. The van der Waals surface area contributed by atoms with E-state index >= 15 is 0 Å². The van der Waals surface area contributed by atoms with Crippen molar-refractivity contribution in [3.8, 4) is 0 Å². The lowest BCUT2D eigenvalue weighted by atomic mass is 10.00. The van der Waals surface area contributed by atoms with E-state index in [2.05, 4.69) is 10.3 Å². The first-order valence-electron chi connectivity index (χ1n) is 5.02. The number of hydrogen-bond donors (Lipinski definition) is 2. The molecule has 0 bridgehead atoms. The number of carbonyl (C=O) groups is 1. The third kappa shape index (κ3) is 4.16. The average Bonchev–Trinajstić information content (AvgIpc) is 2.14. The first-order chi connectivity index (χ1) is 7.41. The van der Waals surface area contributed by atoms with Gasteiger partial charge in [0.1, 0.15) is 0 Å². The van der Waals surface area contributed by atoms with Gasteiger partial charge in [-0.25, -0.2) is 0 Å². The highest BCUT2D eigenvalue weighted by Crippen LogP contribution is 2.15. The Bertz CT molecular complexity index is 379. The number of halogens is 1. The van der Waals surface area contributed by atoms with Crippen molar-refractivity contribution in [1.29, 1.82) is 0 Å². The highest BCUT2D eigenvalue weighted by Gasteiger charge is 2.19. The molecule has 16 heavy (non-hydrogen) atoms. The van der Waals surface area contributed by atoms with Gasteiger partial charge in [-0.2, -0.15) is 0 Å². The minimum Gasteiger partial charge on any atom is -0.370 e. The molecule has 0 aromatic carbocycles. The van der Waals surface area contributed by atoms with Gasteiger partial charge in [0.15, 0.2) is 0 Å². The molecule has 0 saturated carbocycles. The van der Waals surface area contributed by atoms with Gasteiger partial charge in [-0.3, -0.25) is 9.78 Å². The molecule has 4 nitrogen and oxygen atoms in total. The molecule has 1 rings (SSSR count). The van der Waals surface area contributed by atoms with Crippen LogP contribution in [0.5, 0.6) is 0 Å². The Hall–Kier alpha value is -1.13. The van der Waals surface area contributed by atoms with Crippen LogP contribution in [0.4, 0.5) is 0 Å². The van der Waals surface area contributed by atoms with Crippen molar-refractivity contribution in [1.82, 2.24) is 10.3 Å². The molecule has 0 unspecified atom stereocenters. The fraction of sp³-hybridized carbons (Fsp3) is 0.455. The molecule has 1 aromatic rings. The van der Waals surface area contributed by atoms with Crippen molar-refractivity contribution in [2.75, 3.05) is 0 Å².